The molecule has 4 aromatic rings. The second-order valence-corrected chi connectivity index (χ2v) is 12.0. The summed E-state index contributed by atoms with van der Waals surface area (Å²) in [6, 6.07) is 24.8. The Morgan fingerprint density at radius 1 is 0.587 bits per heavy atom. The van der Waals surface area contributed by atoms with Crippen LogP contribution in [0, 0.1) is 10.4 Å². The van der Waals surface area contributed by atoms with E-state index in [-0.39, 0.29) is 33.9 Å². The zero-order valence-electron chi connectivity index (χ0n) is 23.5. The van der Waals surface area contributed by atoms with Crippen molar-refractivity contribution in [3.8, 4) is 0 Å². The van der Waals surface area contributed by atoms with Crippen molar-refractivity contribution in [1.82, 2.24) is 0 Å². The van der Waals surface area contributed by atoms with Gasteiger partial charge in [-0.25, -0.2) is 0 Å². The predicted molar refractivity (Wildman–Crippen MR) is 178 cm³/mol. The van der Waals surface area contributed by atoms with Crippen LogP contribution < -0.4 is 10.9 Å². The maximum atomic E-state index is 12.2. The second-order valence-electron chi connectivity index (χ2n) is 9.21. The monoisotopic (exact) mass is 660 g/mol. The molecule has 0 aliphatic heterocycles. The first-order valence-electron chi connectivity index (χ1n) is 13.0. The van der Waals surface area contributed by atoms with Crippen molar-refractivity contribution >= 4 is 67.6 Å². The molecule has 0 saturated carbocycles. The smallest absolute Gasteiger partial charge is 0.295 e. The van der Waals surface area contributed by atoms with Gasteiger partial charge in [0.15, 0.2) is 0 Å². The Hall–Kier alpha value is -5.68. The SMILES string of the molecule is O=S(=O)(O)c1cc(N/N=C(/C=N/[O-])c2ccccc2)ccc1/C=C/c1ccc(N/N=C(/C=N/[O-])c2ccccc2)cc1S(=O)(=O)O. The van der Waals surface area contributed by atoms with E-state index in [4.69, 9.17) is 0 Å². The number of anilines is 2. The first-order valence-corrected chi connectivity index (χ1v) is 15.9. The molecule has 0 fully saturated rings. The summed E-state index contributed by atoms with van der Waals surface area (Å²) in [5.41, 5.74) is 6.86. The fraction of sp³-hybridized carbons (Fsp3) is 0. The highest BCUT2D eigenvalue weighted by molar-refractivity contribution is 7.86. The number of hydrazone groups is 2. The van der Waals surface area contributed by atoms with Crippen molar-refractivity contribution in [1.29, 1.82) is 0 Å². The summed E-state index contributed by atoms with van der Waals surface area (Å²) in [5.74, 6) is 0. The van der Waals surface area contributed by atoms with Gasteiger partial charge in [-0.1, -0.05) is 84.9 Å². The fourth-order valence-electron chi connectivity index (χ4n) is 4.01. The Morgan fingerprint density at radius 3 is 1.28 bits per heavy atom. The van der Waals surface area contributed by atoms with Gasteiger partial charge in [0.1, 0.15) is 21.2 Å². The summed E-state index contributed by atoms with van der Waals surface area (Å²) in [4.78, 5) is -1.09. The van der Waals surface area contributed by atoms with Crippen LogP contribution in [0.2, 0.25) is 0 Å². The highest BCUT2D eigenvalue weighted by Crippen LogP contribution is 2.26. The van der Waals surface area contributed by atoms with Crippen molar-refractivity contribution < 1.29 is 25.9 Å². The third-order valence-corrected chi connectivity index (χ3v) is 7.94. The highest BCUT2D eigenvalue weighted by atomic mass is 32.2. The maximum absolute atomic E-state index is 12.2. The average molecular weight is 661 g/mol. The lowest BCUT2D eigenvalue weighted by Crippen LogP contribution is -2.07. The molecule has 0 saturated heterocycles. The molecule has 4 aromatic carbocycles. The summed E-state index contributed by atoms with van der Waals surface area (Å²) in [7, 11) is -9.58. The predicted octanol–water partition coefficient (Wildman–Crippen LogP) is 5.12. The van der Waals surface area contributed by atoms with Crippen molar-refractivity contribution in [2.24, 2.45) is 20.5 Å². The van der Waals surface area contributed by atoms with Gasteiger partial charge in [0.05, 0.1) is 11.4 Å². The minimum absolute atomic E-state index is 0.0288. The molecule has 0 bridgehead atoms. The Kier molecular flexibility index (Phi) is 10.7. The van der Waals surface area contributed by atoms with E-state index in [1.54, 1.807) is 60.7 Å². The van der Waals surface area contributed by atoms with Gasteiger partial charge in [-0.15, -0.1) is 0 Å². The van der Waals surface area contributed by atoms with Gasteiger partial charge in [-0.2, -0.15) is 27.0 Å². The molecule has 0 spiro atoms. The van der Waals surface area contributed by atoms with Crippen LogP contribution >= 0.6 is 0 Å². The first-order chi connectivity index (χ1) is 22.0. The summed E-state index contributed by atoms with van der Waals surface area (Å²) in [6.45, 7) is 0. The summed E-state index contributed by atoms with van der Waals surface area (Å²) in [6.07, 6.45) is 4.38. The van der Waals surface area contributed by atoms with E-state index in [2.05, 4.69) is 31.4 Å². The molecule has 14 nitrogen and oxygen atoms in total. The van der Waals surface area contributed by atoms with E-state index >= 15 is 0 Å². The van der Waals surface area contributed by atoms with Gasteiger partial charge in [0.2, 0.25) is 0 Å². The van der Waals surface area contributed by atoms with Crippen LogP contribution in [0.1, 0.15) is 22.3 Å². The average Bonchev–Trinajstić information content (AvgIpc) is 3.04. The van der Waals surface area contributed by atoms with E-state index in [1.807, 2.05) is 0 Å². The normalized spacial score (nSPS) is 13.1. The van der Waals surface area contributed by atoms with Gasteiger partial charge in [-0.3, -0.25) is 20.0 Å². The summed E-state index contributed by atoms with van der Waals surface area (Å²) >= 11 is 0. The minimum atomic E-state index is -4.79. The molecular formula is C30H24N6O8S2-2. The lowest BCUT2D eigenvalue weighted by Gasteiger charge is -2.10. The molecule has 0 atom stereocenters. The summed E-state index contributed by atoms with van der Waals surface area (Å²) in [5, 5.41) is 35.4. The van der Waals surface area contributed by atoms with Crippen LogP contribution in [0.4, 0.5) is 11.4 Å². The van der Waals surface area contributed by atoms with E-state index in [1.165, 1.54) is 36.4 Å². The molecule has 4 N–H and O–H groups in total. The number of benzene rings is 4. The highest BCUT2D eigenvalue weighted by Gasteiger charge is 2.18. The topological polar surface area (TPSA) is 228 Å². The molecule has 0 heterocycles. The molecule has 0 amide bonds. The Balaban J connectivity index is 1.65. The largest absolute Gasteiger partial charge is 0.792 e. The minimum Gasteiger partial charge on any atom is -0.792 e. The van der Waals surface area contributed by atoms with Gasteiger partial charge in [0.25, 0.3) is 20.2 Å². The molecule has 0 aromatic heterocycles. The van der Waals surface area contributed by atoms with Crippen LogP contribution in [0.15, 0.2) is 127 Å². The number of rotatable bonds is 12. The van der Waals surface area contributed by atoms with Crippen LogP contribution in [-0.4, -0.2) is 49.8 Å². The lowest BCUT2D eigenvalue weighted by atomic mass is 10.1. The Labute approximate surface area is 263 Å². The van der Waals surface area contributed by atoms with Crippen molar-refractivity contribution in [2.45, 2.75) is 9.79 Å². The third-order valence-electron chi connectivity index (χ3n) is 6.13. The summed E-state index contributed by atoms with van der Waals surface area (Å²) < 4.78 is 68.8. The van der Waals surface area contributed by atoms with Gasteiger partial charge in [0, 0.05) is 23.6 Å². The zero-order chi connectivity index (χ0) is 33.2. The van der Waals surface area contributed by atoms with Crippen molar-refractivity contribution in [3.05, 3.63) is 130 Å². The van der Waals surface area contributed by atoms with E-state index in [0.717, 1.165) is 24.6 Å². The maximum Gasteiger partial charge on any atom is 0.295 e. The first kappa shape index (κ1) is 33.2. The van der Waals surface area contributed by atoms with E-state index < -0.39 is 30.0 Å². The molecule has 4 rings (SSSR count). The zero-order valence-corrected chi connectivity index (χ0v) is 25.1. The lowest BCUT2D eigenvalue weighted by molar-refractivity contribution is 0.480. The molecule has 236 valence electrons. The van der Waals surface area contributed by atoms with Crippen LogP contribution in [-0.2, 0) is 20.2 Å². The molecule has 0 radical (unpaired) electrons. The van der Waals surface area contributed by atoms with Crippen molar-refractivity contribution in [3.63, 3.8) is 0 Å². The van der Waals surface area contributed by atoms with Gasteiger partial charge < -0.3 is 20.7 Å². The number of nitrogens with zero attached hydrogens (tertiary/aromatic N) is 4. The second kappa shape index (κ2) is 14.9. The molecule has 0 unspecified atom stereocenters. The number of hydrogen-bond donors (Lipinski definition) is 4. The molecule has 0 aliphatic carbocycles. The van der Waals surface area contributed by atoms with Gasteiger partial charge >= 0.3 is 0 Å². The number of nitrogens with one attached hydrogen (secondary N) is 2. The van der Waals surface area contributed by atoms with E-state index in [9.17, 15) is 36.4 Å². The Bertz CT molecular complexity index is 1920. The molecular weight excluding hydrogens is 636 g/mol. The standard InChI is InChI=1S/C30H26N6O8S2/c37-31-19-27(21-7-3-1-4-8-21)35-33-25-15-13-23(29(17-25)45(39,40)41)11-12-24-14-16-26(18-30(24)46(42,43)44)34-36-28(20-32-38)22-9-5-2-6-10-22/h1-20,33-34,37-38H,(H,39,40,41)(H,42,43,44)/p-2/b12-11+,31-19+,32-20+,35-27-,36-28-. The van der Waals surface area contributed by atoms with Crippen molar-refractivity contribution in [2.75, 3.05) is 10.9 Å². The van der Waals surface area contributed by atoms with Crippen LogP contribution in [0.3, 0.4) is 0 Å². The van der Waals surface area contributed by atoms with Crippen LogP contribution in [0.25, 0.3) is 12.2 Å². The quantitative estimate of drug-likeness (QED) is 0.0678. The third kappa shape index (κ3) is 8.93. The van der Waals surface area contributed by atoms with E-state index in [0.29, 0.717) is 11.1 Å². The van der Waals surface area contributed by atoms with Crippen LogP contribution in [0.5, 0.6) is 0 Å². The van der Waals surface area contributed by atoms with Gasteiger partial charge in [-0.05, 0) is 35.4 Å². The molecule has 0 aliphatic rings. The fourth-order valence-corrected chi connectivity index (χ4v) is 5.43. The Morgan fingerprint density at radius 2 is 0.957 bits per heavy atom. The molecule has 16 heteroatoms. The number of hydrogen-bond acceptors (Lipinski definition) is 12. The molecule has 46 heavy (non-hydrogen) atoms.